The van der Waals surface area contributed by atoms with E-state index < -0.39 is 17.2 Å². The maximum atomic E-state index is 13.4. The number of para-hydroxylation sites is 1. The molecule has 0 fully saturated rings. The molecule has 156 valence electrons. The number of carbonyl (C=O) groups excluding carboxylic acids is 2. The zero-order valence-electron chi connectivity index (χ0n) is 16.7. The Kier molecular flexibility index (Phi) is 6.48. The van der Waals surface area contributed by atoms with E-state index in [0.717, 1.165) is 11.8 Å². The first kappa shape index (κ1) is 21.9. The van der Waals surface area contributed by atoms with Crippen molar-refractivity contribution in [1.82, 2.24) is 14.9 Å². The SMILES string of the molecule is Cc1c(Cl)cccc1-n1c(S[C@H](C(=O)NC(N)=O)C(C)C)nc2ccccc2c1=O. The smallest absolute Gasteiger partial charge is 0.318 e. The molecular formula is C21H21ClN4O3S. The molecule has 0 spiro atoms. The van der Waals surface area contributed by atoms with Crippen LogP contribution in [0.2, 0.25) is 5.02 Å². The zero-order valence-corrected chi connectivity index (χ0v) is 18.3. The van der Waals surface area contributed by atoms with Crippen LogP contribution in [0.4, 0.5) is 4.79 Å². The number of aromatic nitrogens is 2. The molecule has 3 rings (SSSR count). The van der Waals surface area contributed by atoms with Crippen molar-refractivity contribution >= 4 is 46.2 Å². The summed E-state index contributed by atoms with van der Waals surface area (Å²) in [6.07, 6.45) is 0. The number of nitrogens with one attached hydrogen (secondary N) is 1. The zero-order chi connectivity index (χ0) is 22.0. The first-order chi connectivity index (χ1) is 14.2. The van der Waals surface area contributed by atoms with Gasteiger partial charge in [-0.3, -0.25) is 19.5 Å². The van der Waals surface area contributed by atoms with Crippen LogP contribution < -0.4 is 16.6 Å². The molecule has 9 heteroatoms. The number of halogens is 1. The summed E-state index contributed by atoms with van der Waals surface area (Å²) in [5, 5.41) is 2.70. The van der Waals surface area contributed by atoms with E-state index in [1.54, 1.807) is 42.5 Å². The van der Waals surface area contributed by atoms with Gasteiger partial charge >= 0.3 is 6.03 Å². The van der Waals surface area contributed by atoms with E-state index in [4.69, 9.17) is 17.3 Å². The third-order valence-corrected chi connectivity index (χ3v) is 6.47. The van der Waals surface area contributed by atoms with Crippen molar-refractivity contribution in [3.63, 3.8) is 0 Å². The van der Waals surface area contributed by atoms with Crippen LogP contribution >= 0.6 is 23.4 Å². The van der Waals surface area contributed by atoms with E-state index in [1.165, 1.54) is 4.57 Å². The molecule has 0 bridgehead atoms. The predicted octanol–water partition coefficient (Wildman–Crippen LogP) is 3.66. The average Bonchev–Trinajstić information content (AvgIpc) is 2.68. The average molecular weight is 445 g/mol. The number of primary amides is 1. The third-order valence-electron chi connectivity index (χ3n) is 4.57. The molecule has 3 amide bonds. The first-order valence-electron chi connectivity index (χ1n) is 9.25. The molecule has 0 radical (unpaired) electrons. The molecule has 1 atom stereocenters. The molecule has 1 aromatic heterocycles. The Morgan fingerprint density at radius 1 is 1.17 bits per heavy atom. The van der Waals surface area contributed by atoms with Gasteiger partial charge in [0.1, 0.15) is 0 Å². The third kappa shape index (κ3) is 4.34. The summed E-state index contributed by atoms with van der Waals surface area (Å²) in [7, 11) is 0. The largest absolute Gasteiger partial charge is 0.351 e. The van der Waals surface area contributed by atoms with Gasteiger partial charge in [-0.1, -0.05) is 55.4 Å². The number of fused-ring (bicyclic) bond motifs is 1. The van der Waals surface area contributed by atoms with Gasteiger partial charge in [0.25, 0.3) is 5.56 Å². The van der Waals surface area contributed by atoms with Crippen LogP contribution in [0, 0.1) is 12.8 Å². The van der Waals surface area contributed by atoms with Crippen molar-refractivity contribution < 1.29 is 9.59 Å². The predicted molar refractivity (Wildman–Crippen MR) is 119 cm³/mol. The summed E-state index contributed by atoms with van der Waals surface area (Å²) in [5.74, 6) is -0.703. The number of rotatable bonds is 5. The highest BCUT2D eigenvalue weighted by atomic mass is 35.5. The van der Waals surface area contributed by atoms with Crippen molar-refractivity contribution in [2.24, 2.45) is 11.7 Å². The van der Waals surface area contributed by atoms with Gasteiger partial charge < -0.3 is 5.73 Å². The molecule has 0 aliphatic carbocycles. The topological polar surface area (TPSA) is 107 Å². The van der Waals surface area contributed by atoms with E-state index in [2.05, 4.69) is 10.3 Å². The van der Waals surface area contributed by atoms with Gasteiger partial charge in [-0.25, -0.2) is 9.78 Å². The van der Waals surface area contributed by atoms with Gasteiger partial charge in [0.15, 0.2) is 5.16 Å². The van der Waals surface area contributed by atoms with Crippen LogP contribution in [0.5, 0.6) is 0 Å². The molecule has 0 unspecified atom stereocenters. The lowest BCUT2D eigenvalue weighted by Crippen LogP contribution is -2.42. The van der Waals surface area contributed by atoms with Gasteiger partial charge in [0.05, 0.1) is 21.8 Å². The fourth-order valence-corrected chi connectivity index (χ4v) is 4.31. The van der Waals surface area contributed by atoms with Crippen LogP contribution in [-0.4, -0.2) is 26.7 Å². The molecule has 2 aromatic carbocycles. The van der Waals surface area contributed by atoms with Crippen LogP contribution in [-0.2, 0) is 4.79 Å². The van der Waals surface area contributed by atoms with Crippen LogP contribution in [0.15, 0.2) is 52.4 Å². The number of urea groups is 1. The Morgan fingerprint density at radius 3 is 2.53 bits per heavy atom. The maximum Gasteiger partial charge on any atom is 0.318 e. The minimum Gasteiger partial charge on any atom is -0.351 e. The number of imide groups is 1. The Morgan fingerprint density at radius 2 is 1.87 bits per heavy atom. The van der Waals surface area contributed by atoms with Gasteiger partial charge in [0, 0.05) is 5.02 Å². The summed E-state index contributed by atoms with van der Waals surface area (Å²) in [4.78, 5) is 41.8. The van der Waals surface area contributed by atoms with E-state index in [1.807, 2.05) is 20.8 Å². The van der Waals surface area contributed by atoms with Crippen molar-refractivity contribution in [3.8, 4) is 5.69 Å². The Hall–Kier alpha value is -2.84. The molecular weight excluding hydrogens is 424 g/mol. The Labute approximate surface area is 182 Å². The van der Waals surface area contributed by atoms with Crippen LogP contribution in [0.25, 0.3) is 16.6 Å². The van der Waals surface area contributed by atoms with Crippen LogP contribution in [0.1, 0.15) is 19.4 Å². The fourth-order valence-electron chi connectivity index (χ4n) is 3.04. The quantitative estimate of drug-likeness (QED) is 0.461. The highest BCUT2D eigenvalue weighted by Gasteiger charge is 2.28. The normalized spacial score (nSPS) is 12.2. The Bertz CT molecular complexity index is 1190. The summed E-state index contributed by atoms with van der Waals surface area (Å²) < 4.78 is 1.46. The lowest BCUT2D eigenvalue weighted by molar-refractivity contribution is -0.120. The number of thioether (sulfide) groups is 1. The van der Waals surface area contributed by atoms with Crippen molar-refractivity contribution in [3.05, 3.63) is 63.4 Å². The second-order valence-electron chi connectivity index (χ2n) is 7.07. The van der Waals surface area contributed by atoms with Gasteiger partial charge in [-0.05, 0) is 42.7 Å². The highest BCUT2D eigenvalue weighted by molar-refractivity contribution is 8.00. The second kappa shape index (κ2) is 8.89. The maximum absolute atomic E-state index is 13.4. The molecule has 0 saturated heterocycles. The lowest BCUT2D eigenvalue weighted by atomic mass is 10.1. The number of carbonyl (C=O) groups is 2. The van der Waals surface area contributed by atoms with Gasteiger partial charge in [-0.15, -0.1) is 0 Å². The van der Waals surface area contributed by atoms with E-state index in [9.17, 15) is 14.4 Å². The number of benzene rings is 2. The molecule has 0 aliphatic heterocycles. The molecule has 3 aromatic rings. The Balaban J connectivity index is 2.24. The first-order valence-corrected chi connectivity index (χ1v) is 10.5. The molecule has 1 heterocycles. The van der Waals surface area contributed by atoms with E-state index in [0.29, 0.717) is 32.3 Å². The molecule has 7 nitrogen and oxygen atoms in total. The molecule has 3 N–H and O–H groups in total. The summed E-state index contributed by atoms with van der Waals surface area (Å²) in [6.45, 7) is 5.49. The van der Waals surface area contributed by atoms with E-state index in [-0.39, 0.29) is 11.5 Å². The minimum absolute atomic E-state index is 0.161. The summed E-state index contributed by atoms with van der Waals surface area (Å²) in [5.41, 5.74) is 6.64. The van der Waals surface area contributed by atoms with E-state index >= 15 is 0 Å². The van der Waals surface area contributed by atoms with Crippen molar-refractivity contribution in [2.45, 2.75) is 31.2 Å². The second-order valence-corrected chi connectivity index (χ2v) is 8.59. The van der Waals surface area contributed by atoms with Crippen molar-refractivity contribution in [1.29, 1.82) is 0 Å². The van der Waals surface area contributed by atoms with Gasteiger partial charge in [0.2, 0.25) is 5.91 Å². The number of amides is 3. The monoisotopic (exact) mass is 444 g/mol. The lowest BCUT2D eigenvalue weighted by Gasteiger charge is -2.21. The number of hydrogen-bond donors (Lipinski definition) is 2. The molecule has 30 heavy (non-hydrogen) atoms. The summed E-state index contributed by atoms with van der Waals surface area (Å²) in [6, 6.07) is 11.3. The summed E-state index contributed by atoms with van der Waals surface area (Å²) >= 11 is 7.39. The standard InChI is InChI=1S/C21H21ClN4O3S/c1-11(2)17(18(27)25-20(23)29)30-21-24-15-9-5-4-7-13(15)19(28)26(21)16-10-6-8-14(22)12(16)3/h4-11,17H,1-3H3,(H3,23,25,27,29)/t17-/m0/s1. The van der Waals surface area contributed by atoms with Crippen molar-refractivity contribution in [2.75, 3.05) is 0 Å². The minimum atomic E-state index is -0.930. The number of hydrogen-bond acceptors (Lipinski definition) is 5. The number of nitrogens with zero attached hydrogens (tertiary/aromatic N) is 2. The van der Waals surface area contributed by atoms with Crippen LogP contribution in [0.3, 0.4) is 0 Å². The molecule has 0 saturated carbocycles. The highest BCUT2D eigenvalue weighted by Crippen LogP contribution is 2.31. The fraction of sp³-hybridized carbons (Fsp3) is 0.238. The molecule has 0 aliphatic rings. The van der Waals surface area contributed by atoms with Gasteiger partial charge in [-0.2, -0.15) is 0 Å². The number of nitrogens with two attached hydrogens (primary N) is 1.